The number of likely N-dealkylation sites (N-methyl/N-ethyl adjacent to an activating group) is 1. The molecule has 1 aromatic carbocycles. The number of rotatable bonds is 3. The molecule has 0 aromatic heterocycles. The van der Waals surface area contributed by atoms with E-state index in [0.29, 0.717) is 17.1 Å². The summed E-state index contributed by atoms with van der Waals surface area (Å²) in [5.41, 5.74) is 6.94. The Morgan fingerprint density at radius 3 is 2.89 bits per heavy atom. The number of hydrogen-bond acceptors (Lipinski definition) is 3. The highest BCUT2D eigenvalue weighted by Crippen LogP contribution is 2.19. The number of nitrogens with two attached hydrogens (primary N) is 1. The molecular weight excluding hydrogens is 297 g/mol. The van der Waals surface area contributed by atoms with E-state index < -0.39 is 0 Å². The number of nitrogens with zero attached hydrogens (tertiary/aromatic N) is 2. The van der Waals surface area contributed by atoms with Crippen molar-refractivity contribution in [1.29, 1.82) is 0 Å². The van der Waals surface area contributed by atoms with E-state index in [1.54, 1.807) is 0 Å². The van der Waals surface area contributed by atoms with Crippen LogP contribution in [0.1, 0.15) is 5.56 Å². The lowest BCUT2D eigenvalue weighted by Crippen LogP contribution is -2.54. The first-order valence-electron chi connectivity index (χ1n) is 6.16. The Hall–Kier alpha value is -0.490. The van der Waals surface area contributed by atoms with Gasteiger partial charge in [0.15, 0.2) is 0 Å². The van der Waals surface area contributed by atoms with Crippen LogP contribution >= 0.6 is 15.9 Å². The molecule has 3 nitrogen and oxygen atoms in total. The average molecular weight is 316 g/mol. The molecule has 1 fully saturated rings. The molecule has 18 heavy (non-hydrogen) atoms. The lowest BCUT2D eigenvalue weighted by Gasteiger charge is -2.39. The molecule has 0 radical (unpaired) electrons. The molecule has 0 aliphatic carbocycles. The highest BCUT2D eigenvalue weighted by atomic mass is 79.9. The molecule has 5 heteroatoms. The van der Waals surface area contributed by atoms with Gasteiger partial charge in [-0.1, -0.05) is 6.07 Å². The van der Waals surface area contributed by atoms with E-state index in [1.807, 2.05) is 12.1 Å². The highest BCUT2D eigenvalue weighted by molar-refractivity contribution is 9.10. The second kappa shape index (κ2) is 6.10. The Bertz CT molecular complexity index is 413. The predicted octanol–water partition coefficient (Wildman–Crippen LogP) is 1.66. The lowest BCUT2D eigenvalue weighted by atomic mass is 10.1. The SMILES string of the molecule is CN1CCN(Cc2ccc(F)c(Br)c2)C(CN)C1. The Morgan fingerprint density at radius 1 is 1.44 bits per heavy atom. The third-order valence-corrected chi connectivity index (χ3v) is 4.06. The van der Waals surface area contributed by atoms with Crippen molar-refractivity contribution in [3.05, 3.63) is 34.1 Å². The van der Waals surface area contributed by atoms with Gasteiger partial charge >= 0.3 is 0 Å². The Balaban J connectivity index is 2.05. The van der Waals surface area contributed by atoms with Crippen molar-refractivity contribution in [2.75, 3.05) is 33.2 Å². The van der Waals surface area contributed by atoms with Crippen LogP contribution in [0.15, 0.2) is 22.7 Å². The van der Waals surface area contributed by atoms with Crippen LogP contribution in [-0.4, -0.2) is 49.1 Å². The van der Waals surface area contributed by atoms with Gasteiger partial charge in [-0.2, -0.15) is 0 Å². The summed E-state index contributed by atoms with van der Waals surface area (Å²) in [5, 5.41) is 0. The van der Waals surface area contributed by atoms with Crippen LogP contribution < -0.4 is 5.73 Å². The third kappa shape index (κ3) is 3.29. The highest BCUT2D eigenvalue weighted by Gasteiger charge is 2.23. The van der Waals surface area contributed by atoms with Crippen LogP contribution in [0.3, 0.4) is 0 Å². The van der Waals surface area contributed by atoms with E-state index in [1.165, 1.54) is 6.07 Å². The lowest BCUT2D eigenvalue weighted by molar-refractivity contribution is 0.0880. The molecule has 1 aliphatic rings. The molecule has 1 atom stereocenters. The quantitative estimate of drug-likeness (QED) is 0.921. The minimum atomic E-state index is -0.215. The van der Waals surface area contributed by atoms with E-state index in [0.717, 1.165) is 31.7 Å². The van der Waals surface area contributed by atoms with Gasteiger partial charge in [0.25, 0.3) is 0 Å². The average Bonchev–Trinajstić information content (AvgIpc) is 2.36. The topological polar surface area (TPSA) is 32.5 Å². The second-order valence-corrected chi connectivity index (χ2v) is 5.73. The van der Waals surface area contributed by atoms with Gasteiger partial charge in [-0.15, -0.1) is 0 Å². The number of halogens is 2. The van der Waals surface area contributed by atoms with Crippen molar-refractivity contribution in [3.8, 4) is 0 Å². The van der Waals surface area contributed by atoms with Crippen LogP contribution in [0.4, 0.5) is 4.39 Å². The van der Waals surface area contributed by atoms with Crippen LogP contribution in [0.5, 0.6) is 0 Å². The first-order chi connectivity index (χ1) is 8.60. The Morgan fingerprint density at radius 2 is 2.22 bits per heavy atom. The molecule has 2 rings (SSSR count). The zero-order chi connectivity index (χ0) is 13.1. The maximum atomic E-state index is 13.2. The molecule has 1 aromatic rings. The fourth-order valence-electron chi connectivity index (χ4n) is 2.35. The summed E-state index contributed by atoms with van der Waals surface area (Å²) >= 11 is 3.23. The summed E-state index contributed by atoms with van der Waals surface area (Å²) < 4.78 is 13.7. The van der Waals surface area contributed by atoms with Crippen molar-refractivity contribution in [2.45, 2.75) is 12.6 Å². The summed E-state index contributed by atoms with van der Waals surface area (Å²) in [6, 6.07) is 5.58. The summed E-state index contributed by atoms with van der Waals surface area (Å²) in [6.45, 7) is 4.55. The molecule has 0 bridgehead atoms. The summed E-state index contributed by atoms with van der Waals surface area (Å²) in [4.78, 5) is 4.67. The fraction of sp³-hybridized carbons (Fsp3) is 0.538. The van der Waals surface area contributed by atoms with Crippen LogP contribution in [0.25, 0.3) is 0 Å². The molecular formula is C13H19BrFN3. The van der Waals surface area contributed by atoms with Crippen molar-refractivity contribution < 1.29 is 4.39 Å². The molecule has 0 amide bonds. The first-order valence-corrected chi connectivity index (χ1v) is 6.96. The van der Waals surface area contributed by atoms with Crippen LogP contribution in [0.2, 0.25) is 0 Å². The van der Waals surface area contributed by atoms with E-state index in [9.17, 15) is 4.39 Å². The standard InChI is InChI=1S/C13H19BrFN3/c1-17-4-5-18(11(7-16)9-17)8-10-2-3-13(15)12(14)6-10/h2-3,6,11H,4-5,7-9,16H2,1H3. The zero-order valence-corrected chi connectivity index (χ0v) is 12.2. The summed E-state index contributed by atoms with van der Waals surface area (Å²) in [6.07, 6.45) is 0. The summed E-state index contributed by atoms with van der Waals surface area (Å²) in [7, 11) is 2.12. The normalized spacial score (nSPS) is 22.3. The van der Waals surface area contributed by atoms with Crippen molar-refractivity contribution in [1.82, 2.24) is 9.80 Å². The zero-order valence-electron chi connectivity index (χ0n) is 10.6. The molecule has 2 N–H and O–H groups in total. The maximum absolute atomic E-state index is 13.2. The number of piperazine rings is 1. The van der Waals surface area contributed by atoms with Gasteiger partial charge < -0.3 is 10.6 Å². The maximum Gasteiger partial charge on any atom is 0.137 e. The largest absolute Gasteiger partial charge is 0.329 e. The van der Waals surface area contributed by atoms with Crippen molar-refractivity contribution in [3.63, 3.8) is 0 Å². The van der Waals surface area contributed by atoms with E-state index in [4.69, 9.17) is 5.73 Å². The van der Waals surface area contributed by atoms with Crippen LogP contribution in [0, 0.1) is 5.82 Å². The van der Waals surface area contributed by atoms with E-state index in [-0.39, 0.29) is 5.82 Å². The van der Waals surface area contributed by atoms with Gasteiger partial charge in [0.05, 0.1) is 4.47 Å². The molecule has 100 valence electrons. The summed E-state index contributed by atoms with van der Waals surface area (Å²) in [5.74, 6) is -0.215. The van der Waals surface area contributed by atoms with Gasteiger partial charge in [0, 0.05) is 38.8 Å². The van der Waals surface area contributed by atoms with Crippen molar-refractivity contribution >= 4 is 15.9 Å². The smallest absolute Gasteiger partial charge is 0.137 e. The second-order valence-electron chi connectivity index (χ2n) is 4.87. The molecule has 0 spiro atoms. The van der Waals surface area contributed by atoms with E-state index >= 15 is 0 Å². The molecule has 1 saturated heterocycles. The number of hydrogen-bond donors (Lipinski definition) is 1. The number of benzene rings is 1. The molecule has 1 heterocycles. The minimum Gasteiger partial charge on any atom is -0.329 e. The van der Waals surface area contributed by atoms with Crippen LogP contribution in [-0.2, 0) is 6.54 Å². The Kier molecular flexibility index (Phi) is 4.72. The molecule has 1 unspecified atom stereocenters. The monoisotopic (exact) mass is 315 g/mol. The minimum absolute atomic E-state index is 0.215. The van der Waals surface area contributed by atoms with Gasteiger partial charge in [-0.3, -0.25) is 4.90 Å². The van der Waals surface area contributed by atoms with Gasteiger partial charge in [-0.25, -0.2) is 4.39 Å². The first kappa shape index (κ1) is 13.9. The van der Waals surface area contributed by atoms with Gasteiger partial charge in [-0.05, 0) is 40.7 Å². The third-order valence-electron chi connectivity index (χ3n) is 3.45. The van der Waals surface area contributed by atoms with Gasteiger partial charge in [0.2, 0.25) is 0 Å². The van der Waals surface area contributed by atoms with E-state index in [2.05, 4.69) is 32.8 Å². The fourth-order valence-corrected chi connectivity index (χ4v) is 2.78. The van der Waals surface area contributed by atoms with Crippen molar-refractivity contribution in [2.24, 2.45) is 5.73 Å². The Labute approximate surface area is 116 Å². The molecule has 0 saturated carbocycles. The predicted molar refractivity (Wildman–Crippen MR) is 74.8 cm³/mol. The molecule has 1 aliphatic heterocycles. The van der Waals surface area contributed by atoms with Gasteiger partial charge in [0.1, 0.15) is 5.82 Å².